The topological polar surface area (TPSA) is 67.8 Å². The van der Waals surface area contributed by atoms with Crippen molar-refractivity contribution in [3.63, 3.8) is 0 Å². The van der Waals surface area contributed by atoms with Crippen molar-refractivity contribution in [3.8, 4) is 17.4 Å². The van der Waals surface area contributed by atoms with E-state index in [1.54, 1.807) is 25.3 Å². The molecule has 4 rings (SSSR count). The fourth-order valence-corrected chi connectivity index (χ4v) is 3.32. The van der Waals surface area contributed by atoms with Crippen molar-refractivity contribution in [1.29, 1.82) is 0 Å². The number of rotatable bonds is 4. The molecule has 0 unspecified atom stereocenters. The summed E-state index contributed by atoms with van der Waals surface area (Å²) >= 11 is 7.65. The van der Waals surface area contributed by atoms with Gasteiger partial charge in [0, 0.05) is 6.07 Å². The number of aliphatic imine (C=N–C) groups is 1. The van der Waals surface area contributed by atoms with E-state index < -0.39 is 0 Å². The van der Waals surface area contributed by atoms with E-state index in [1.165, 1.54) is 11.9 Å². The van der Waals surface area contributed by atoms with Gasteiger partial charge < -0.3 is 14.8 Å². The summed E-state index contributed by atoms with van der Waals surface area (Å²) < 4.78 is 14.3. The Morgan fingerprint density at radius 2 is 1.81 bits per heavy atom. The number of fused-ring (bicyclic) bond motifs is 1. The molecule has 1 aromatic heterocycles. The smallest absolute Gasteiger partial charge is 0.214 e. The standard InChI is InChI=1S/C19H15ClN4O2S/c1-25-17-11-5-10-16(21-17)22-19-23-18-14(8-4-9-15(18)27-24-19)26-13-7-3-2-6-12(13)20/h2-11H,1H3,(H2,21,22,23,24). The number of anilines is 1. The van der Waals surface area contributed by atoms with Gasteiger partial charge in [0.2, 0.25) is 11.8 Å². The zero-order valence-corrected chi connectivity index (χ0v) is 15.8. The second kappa shape index (κ2) is 7.77. The third kappa shape index (κ3) is 3.94. The highest BCUT2D eigenvalue weighted by Gasteiger charge is 2.19. The van der Waals surface area contributed by atoms with Crippen LogP contribution in [0.4, 0.5) is 11.5 Å². The molecule has 0 aliphatic carbocycles. The number of halogens is 1. The molecule has 136 valence electrons. The van der Waals surface area contributed by atoms with E-state index in [0.717, 1.165) is 10.6 Å². The van der Waals surface area contributed by atoms with Crippen LogP contribution in [0.25, 0.3) is 0 Å². The third-order valence-corrected chi connectivity index (χ3v) is 4.86. The minimum atomic E-state index is 0.503. The predicted octanol–water partition coefficient (Wildman–Crippen LogP) is 5.25. The molecule has 6 nitrogen and oxygen atoms in total. The molecule has 3 aromatic rings. The van der Waals surface area contributed by atoms with Crippen LogP contribution in [0.2, 0.25) is 5.02 Å². The number of nitrogens with one attached hydrogen (secondary N) is 2. The summed E-state index contributed by atoms with van der Waals surface area (Å²) in [7, 11) is 1.57. The van der Waals surface area contributed by atoms with E-state index in [9.17, 15) is 0 Å². The van der Waals surface area contributed by atoms with E-state index in [2.05, 4.69) is 20.0 Å². The molecule has 0 spiro atoms. The largest absolute Gasteiger partial charge is 0.481 e. The molecule has 0 radical (unpaired) electrons. The number of aromatic nitrogens is 1. The monoisotopic (exact) mass is 398 g/mol. The Labute approximate surface area is 165 Å². The number of pyridine rings is 1. The lowest BCUT2D eigenvalue weighted by Crippen LogP contribution is -2.29. The van der Waals surface area contributed by atoms with Gasteiger partial charge in [-0.1, -0.05) is 35.9 Å². The van der Waals surface area contributed by atoms with Gasteiger partial charge in [-0.05, 0) is 42.3 Å². The number of hydrogen-bond acceptors (Lipinski definition) is 5. The van der Waals surface area contributed by atoms with Gasteiger partial charge in [0.1, 0.15) is 5.75 Å². The summed E-state index contributed by atoms with van der Waals surface area (Å²) in [5.41, 5.74) is 0.808. The number of para-hydroxylation sites is 2. The lowest BCUT2D eigenvalue weighted by atomic mass is 10.3. The van der Waals surface area contributed by atoms with Crippen molar-refractivity contribution in [2.75, 3.05) is 12.4 Å². The fourth-order valence-electron chi connectivity index (χ4n) is 2.44. The van der Waals surface area contributed by atoms with E-state index in [1.807, 2.05) is 42.5 Å². The Morgan fingerprint density at radius 1 is 1.00 bits per heavy atom. The SMILES string of the molecule is COc1cccc(N=C2NSc3cccc(Oc4ccccc4Cl)c3N2)n1. The van der Waals surface area contributed by atoms with E-state index in [4.69, 9.17) is 21.1 Å². The first-order valence-electron chi connectivity index (χ1n) is 8.08. The van der Waals surface area contributed by atoms with Crippen LogP contribution in [0.15, 0.2) is 70.6 Å². The zero-order valence-electron chi connectivity index (χ0n) is 14.3. The highest BCUT2D eigenvalue weighted by atomic mass is 35.5. The van der Waals surface area contributed by atoms with Crippen LogP contribution in [0, 0.1) is 0 Å². The Morgan fingerprint density at radius 3 is 2.67 bits per heavy atom. The van der Waals surface area contributed by atoms with Crippen molar-refractivity contribution < 1.29 is 9.47 Å². The molecule has 1 aliphatic heterocycles. The van der Waals surface area contributed by atoms with Crippen LogP contribution in [0.3, 0.4) is 0 Å². The summed E-state index contributed by atoms with van der Waals surface area (Å²) in [5, 5.41) is 3.81. The predicted molar refractivity (Wildman–Crippen MR) is 108 cm³/mol. The molecule has 2 N–H and O–H groups in total. The molecule has 0 fully saturated rings. The molecule has 0 bridgehead atoms. The van der Waals surface area contributed by atoms with E-state index in [-0.39, 0.29) is 0 Å². The van der Waals surface area contributed by atoms with Crippen molar-refractivity contribution in [3.05, 3.63) is 65.7 Å². The lowest BCUT2D eigenvalue weighted by Gasteiger charge is -2.22. The minimum absolute atomic E-state index is 0.503. The van der Waals surface area contributed by atoms with Gasteiger partial charge in [-0.3, -0.25) is 4.72 Å². The average molecular weight is 399 g/mol. The molecule has 0 atom stereocenters. The van der Waals surface area contributed by atoms with E-state index >= 15 is 0 Å². The molecule has 8 heteroatoms. The number of methoxy groups -OCH3 is 1. The van der Waals surface area contributed by atoms with Crippen molar-refractivity contribution in [1.82, 2.24) is 9.71 Å². The van der Waals surface area contributed by atoms with Gasteiger partial charge in [0.05, 0.1) is 22.7 Å². The fraction of sp³-hybridized carbons (Fsp3) is 0.0526. The van der Waals surface area contributed by atoms with Crippen LogP contribution in [-0.4, -0.2) is 18.1 Å². The highest BCUT2D eigenvalue weighted by molar-refractivity contribution is 7.98. The summed E-state index contributed by atoms with van der Waals surface area (Å²) in [6.45, 7) is 0. The molecule has 0 amide bonds. The molecule has 2 heterocycles. The zero-order chi connectivity index (χ0) is 18.6. The minimum Gasteiger partial charge on any atom is -0.481 e. The maximum atomic E-state index is 6.22. The number of benzene rings is 2. The quantitative estimate of drug-likeness (QED) is 0.585. The van der Waals surface area contributed by atoms with Crippen LogP contribution >= 0.6 is 23.5 Å². The van der Waals surface area contributed by atoms with Crippen LogP contribution in [-0.2, 0) is 0 Å². The third-order valence-electron chi connectivity index (χ3n) is 3.69. The molecule has 0 saturated carbocycles. The number of hydrogen-bond donors (Lipinski definition) is 2. The summed E-state index contributed by atoms with van der Waals surface area (Å²) in [5.74, 6) is 2.82. The maximum Gasteiger partial charge on any atom is 0.214 e. The van der Waals surface area contributed by atoms with Crippen LogP contribution in [0.5, 0.6) is 17.4 Å². The van der Waals surface area contributed by atoms with E-state index in [0.29, 0.717) is 34.2 Å². The molecular formula is C19H15ClN4O2S. The first-order valence-corrected chi connectivity index (χ1v) is 9.27. The Balaban J connectivity index is 1.63. The Kier molecular flexibility index (Phi) is 5.04. The van der Waals surface area contributed by atoms with Crippen molar-refractivity contribution >= 4 is 41.0 Å². The highest BCUT2D eigenvalue weighted by Crippen LogP contribution is 2.40. The van der Waals surface area contributed by atoms with Gasteiger partial charge in [0.15, 0.2) is 11.6 Å². The van der Waals surface area contributed by atoms with Crippen LogP contribution in [0.1, 0.15) is 0 Å². The Hall–Kier alpha value is -2.90. The molecule has 1 aliphatic rings. The molecule has 27 heavy (non-hydrogen) atoms. The van der Waals surface area contributed by atoms with Crippen molar-refractivity contribution in [2.24, 2.45) is 4.99 Å². The normalized spacial score (nSPS) is 14.1. The Bertz CT molecular complexity index is 1010. The first kappa shape index (κ1) is 17.5. The first-order chi connectivity index (χ1) is 13.2. The van der Waals surface area contributed by atoms with Gasteiger partial charge in [-0.2, -0.15) is 9.98 Å². The maximum absolute atomic E-state index is 6.22. The van der Waals surface area contributed by atoms with Gasteiger partial charge >= 0.3 is 0 Å². The second-order valence-electron chi connectivity index (χ2n) is 5.49. The van der Waals surface area contributed by atoms with Gasteiger partial charge in [0.25, 0.3) is 0 Å². The summed E-state index contributed by atoms with van der Waals surface area (Å²) in [4.78, 5) is 9.77. The van der Waals surface area contributed by atoms with Crippen molar-refractivity contribution in [2.45, 2.75) is 4.90 Å². The molecular weight excluding hydrogens is 384 g/mol. The van der Waals surface area contributed by atoms with Gasteiger partial charge in [-0.25, -0.2) is 0 Å². The number of guanidine groups is 1. The molecule has 2 aromatic carbocycles. The summed E-state index contributed by atoms with van der Waals surface area (Å²) in [6.07, 6.45) is 0. The summed E-state index contributed by atoms with van der Waals surface area (Å²) in [6, 6.07) is 18.5. The van der Waals surface area contributed by atoms with Crippen LogP contribution < -0.4 is 19.5 Å². The number of ether oxygens (including phenoxy) is 2. The number of nitrogens with zero attached hydrogens (tertiary/aromatic N) is 2. The lowest BCUT2D eigenvalue weighted by molar-refractivity contribution is 0.398. The average Bonchev–Trinajstić information content (AvgIpc) is 2.70. The molecule has 0 saturated heterocycles. The van der Waals surface area contributed by atoms with Gasteiger partial charge in [-0.15, -0.1) is 0 Å². The second-order valence-corrected chi connectivity index (χ2v) is 6.74.